The first-order valence-corrected chi connectivity index (χ1v) is 12.4. The Hall–Kier alpha value is -3.23. The Morgan fingerprint density at radius 1 is 1.23 bits per heavy atom. The van der Waals surface area contributed by atoms with Gasteiger partial charge in [-0.25, -0.2) is 9.50 Å². The minimum absolute atomic E-state index is 0.0175. The number of benzene rings is 1. The smallest absolute Gasteiger partial charge is 0.239 e. The number of hydroxylamine groups is 2. The van der Waals surface area contributed by atoms with Crippen molar-refractivity contribution in [3.8, 4) is 11.3 Å². The predicted octanol–water partition coefficient (Wildman–Crippen LogP) is 4.64. The number of piperidine rings is 1. The van der Waals surface area contributed by atoms with Crippen LogP contribution in [0.4, 0.5) is 0 Å². The summed E-state index contributed by atoms with van der Waals surface area (Å²) >= 11 is 0. The molecule has 0 bridgehead atoms. The molecule has 1 saturated heterocycles. The maximum absolute atomic E-state index is 12.3. The molecule has 8 nitrogen and oxygen atoms in total. The van der Waals surface area contributed by atoms with Gasteiger partial charge in [-0.15, -0.1) is 0 Å². The Morgan fingerprint density at radius 2 is 1.97 bits per heavy atom. The Balaban J connectivity index is 1.48. The van der Waals surface area contributed by atoms with Crippen molar-refractivity contribution in [2.24, 2.45) is 0 Å². The number of aromatic amines is 1. The van der Waals surface area contributed by atoms with E-state index in [0.29, 0.717) is 11.8 Å². The first-order chi connectivity index (χ1) is 16.7. The van der Waals surface area contributed by atoms with Gasteiger partial charge in [0.05, 0.1) is 5.69 Å². The molecule has 4 aromatic rings. The minimum Gasteiger partial charge on any atom is -0.354 e. The molecule has 0 atom stereocenters. The largest absolute Gasteiger partial charge is 0.354 e. The molecule has 1 amide bonds. The monoisotopic (exact) mass is 474 g/mol. The SMILES string of the molecule is Cc1nc2c(C)cc(-c3[nH]c4ccc(C5CCN(C(=O)CN(C)O)CC5)cc4c3C(C)C)cn2n1. The van der Waals surface area contributed by atoms with Gasteiger partial charge >= 0.3 is 0 Å². The number of hydrogen-bond acceptors (Lipinski definition) is 5. The van der Waals surface area contributed by atoms with E-state index in [-0.39, 0.29) is 12.5 Å². The van der Waals surface area contributed by atoms with Crippen molar-refractivity contribution in [2.45, 2.75) is 52.4 Å². The molecule has 3 aromatic heterocycles. The lowest BCUT2D eigenvalue weighted by Crippen LogP contribution is -2.42. The highest BCUT2D eigenvalue weighted by Crippen LogP contribution is 2.38. The summed E-state index contributed by atoms with van der Waals surface area (Å²) in [4.78, 5) is 22.4. The molecule has 0 spiro atoms. The third-order valence-corrected chi connectivity index (χ3v) is 7.14. The van der Waals surface area contributed by atoms with Gasteiger partial charge in [-0.1, -0.05) is 19.9 Å². The third kappa shape index (κ3) is 4.44. The van der Waals surface area contributed by atoms with E-state index >= 15 is 0 Å². The molecule has 0 saturated carbocycles. The summed E-state index contributed by atoms with van der Waals surface area (Å²) in [7, 11) is 1.50. The molecule has 35 heavy (non-hydrogen) atoms. The molecule has 8 heteroatoms. The Bertz CT molecular complexity index is 1390. The standard InChI is InChI=1S/C27H34N6O2/c1-16(2)25-22-13-20(19-8-10-32(11-9-19)24(34)15-31(5)35)6-7-23(22)29-26(25)21-12-17(3)27-28-18(4)30-33(27)14-21/h6-7,12-14,16,19,29,35H,8-11,15H2,1-5H3. The fourth-order valence-corrected chi connectivity index (χ4v) is 5.46. The number of rotatable bonds is 5. The number of carbonyl (C=O) groups excluding carboxylic acids is 1. The van der Waals surface area contributed by atoms with Crippen LogP contribution in [0.1, 0.15) is 61.0 Å². The lowest BCUT2D eigenvalue weighted by molar-refractivity contribution is -0.144. The van der Waals surface area contributed by atoms with Gasteiger partial charge in [-0.2, -0.15) is 10.2 Å². The summed E-state index contributed by atoms with van der Waals surface area (Å²) < 4.78 is 1.88. The number of carbonyl (C=O) groups is 1. The molecular weight excluding hydrogens is 440 g/mol. The molecule has 4 heterocycles. The van der Waals surface area contributed by atoms with Crippen LogP contribution in [-0.2, 0) is 4.79 Å². The molecule has 184 valence electrons. The topological polar surface area (TPSA) is 89.8 Å². The number of H-pyrrole nitrogens is 1. The van der Waals surface area contributed by atoms with Crippen LogP contribution in [0.25, 0.3) is 27.8 Å². The van der Waals surface area contributed by atoms with Gasteiger partial charge in [0, 0.05) is 42.8 Å². The number of nitrogens with one attached hydrogen (secondary N) is 1. The lowest BCUT2D eigenvalue weighted by atomic mass is 9.87. The fraction of sp³-hybridized carbons (Fsp3) is 0.444. The first-order valence-electron chi connectivity index (χ1n) is 12.4. The van der Waals surface area contributed by atoms with E-state index in [1.165, 1.54) is 23.6 Å². The van der Waals surface area contributed by atoms with Crippen LogP contribution in [0, 0.1) is 13.8 Å². The van der Waals surface area contributed by atoms with Crippen LogP contribution >= 0.6 is 0 Å². The van der Waals surface area contributed by atoms with Crippen molar-refractivity contribution in [3.05, 3.63) is 53.0 Å². The average molecular weight is 475 g/mol. The fourth-order valence-electron chi connectivity index (χ4n) is 5.46. The lowest BCUT2D eigenvalue weighted by Gasteiger charge is -2.32. The van der Waals surface area contributed by atoms with Crippen molar-refractivity contribution < 1.29 is 10.0 Å². The molecular formula is C27H34N6O2. The molecule has 1 fully saturated rings. The van der Waals surface area contributed by atoms with Crippen LogP contribution in [0.3, 0.4) is 0 Å². The second-order valence-electron chi connectivity index (χ2n) is 10.2. The molecule has 0 radical (unpaired) electrons. The van der Waals surface area contributed by atoms with Gasteiger partial charge in [0.25, 0.3) is 0 Å². The first kappa shape index (κ1) is 23.5. The number of likely N-dealkylation sites (N-methyl/N-ethyl adjacent to an activating group) is 1. The maximum Gasteiger partial charge on any atom is 0.239 e. The third-order valence-electron chi connectivity index (χ3n) is 7.14. The van der Waals surface area contributed by atoms with E-state index in [9.17, 15) is 10.0 Å². The summed E-state index contributed by atoms with van der Waals surface area (Å²) in [5.41, 5.74) is 8.03. The summed E-state index contributed by atoms with van der Waals surface area (Å²) in [6.45, 7) is 9.97. The van der Waals surface area contributed by atoms with Crippen LogP contribution in [-0.4, -0.2) is 67.3 Å². The molecule has 1 aliphatic rings. The Morgan fingerprint density at radius 3 is 2.66 bits per heavy atom. The van der Waals surface area contributed by atoms with Crippen LogP contribution in [0.5, 0.6) is 0 Å². The predicted molar refractivity (Wildman–Crippen MR) is 137 cm³/mol. The number of likely N-dealkylation sites (tertiary alicyclic amines) is 1. The average Bonchev–Trinajstić information content (AvgIpc) is 3.38. The summed E-state index contributed by atoms with van der Waals surface area (Å²) in [5.74, 6) is 1.52. The number of pyridine rings is 1. The van der Waals surface area contributed by atoms with Crippen molar-refractivity contribution in [2.75, 3.05) is 26.7 Å². The maximum atomic E-state index is 12.3. The molecule has 1 aromatic carbocycles. The van der Waals surface area contributed by atoms with Crippen LogP contribution in [0.15, 0.2) is 30.5 Å². The quantitative estimate of drug-likeness (QED) is 0.411. The molecule has 0 aliphatic carbocycles. The van der Waals surface area contributed by atoms with Crippen LogP contribution < -0.4 is 0 Å². The zero-order valence-corrected chi connectivity index (χ0v) is 21.2. The normalized spacial score (nSPS) is 15.3. The second kappa shape index (κ2) is 9.09. The number of nitrogens with zero attached hydrogens (tertiary/aromatic N) is 5. The van der Waals surface area contributed by atoms with Gasteiger partial charge < -0.3 is 15.1 Å². The van der Waals surface area contributed by atoms with Crippen molar-refractivity contribution in [1.82, 2.24) is 29.5 Å². The van der Waals surface area contributed by atoms with Crippen molar-refractivity contribution in [1.29, 1.82) is 0 Å². The summed E-state index contributed by atoms with van der Waals surface area (Å²) in [6.07, 6.45) is 3.93. The minimum atomic E-state index is -0.0175. The molecule has 2 N–H and O–H groups in total. The molecule has 5 rings (SSSR count). The van der Waals surface area contributed by atoms with E-state index in [1.54, 1.807) is 0 Å². The highest BCUT2D eigenvalue weighted by atomic mass is 16.5. The Labute approximate surface area is 205 Å². The van der Waals surface area contributed by atoms with Gasteiger partial charge in [0.15, 0.2) is 5.65 Å². The number of amides is 1. The Kier molecular flexibility index (Phi) is 6.11. The van der Waals surface area contributed by atoms with E-state index in [0.717, 1.165) is 64.8 Å². The number of fused-ring (bicyclic) bond motifs is 2. The second-order valence-corrected chi connectivity index (χ2v) is 10.2. The highest BCUT2D eigenvalue weighted by Gasteiger charge is 2.25. The van der Waals surface area contributed by atoms with Crippen LogP contribution in [0.2, 0.25) is 0 Å². The van der Waals surface area contributed by atoms with E-state index in [2.05, 4.69) is 66.3 Å². The van der Waals surface area contributed by atoms with Gasteiger partial charge in [0.1, 0.15) is 12.4 Å². The van der Waals surface area contributed by atoms with Gasteiger partial charge in [0.2, 0.25) is 5.91 Å². The summed E-state index contributed by atoms with van der Waals surface area (Å²) in [6, 6.07) is 8.96. The van der Waals surface area contributed by atoms with Crippen molar-refractivity contribution in [3.63, 3.8) is 0 Å². The highest BCUT2D eigenvalue weighted by molar-refractivity contribution is 5.92. The molecule has 0 unspecified atom stereocenters. The van der Waals surface area contributed by atoms with Gasteiger partial charge in [-0.3, -0.25) is 4.79 Å². The van der Waals surface area contributed by atoms with Crippen molar-refractivity contribution >= 4 is 22.5 Å². The zero-order chi connectivity index (χ0) is 24.9. The molecule has 1 aliphatic heterocycles. The van der Waals surface area contributed by atoms with E-state index in [1.807, 2.05) is 16.3 Å². The van der Waals surface area contributed by atoms with E-state index in [4.69, 9.17) is 0 Å². The van der Waals surface area contributed by atoms with E-state index < -0.39 is 0 Å². The van der Waals surface area contributed by atoms with Gasteiger partial charge in [-0.05, 0) is 73.4 Å². The number of hydrogen-bond donors (Lipinski definition) is 2. The number of aryl methyl sites for hydroxylation is 2. The zero-order valence-electron chi connectivity index (χ0n) is 21.2. The summed E-state index contributed by atoms with van der Waals surface area (Å²) in [5, 5.41) is 16.1. The number of aromatic nitrogens is 4.